The highest BCUT2D eigenvalue weighted by molar-refractivity contribution is 7.15. The summed E-state index contributed by atoms with van der Waals surface area (Å²) < 4.78 is 0. The lowest BCUT2D eigenvalue weighted by atomic mass is 9.99. The van der Waals surface area contributed by atoms with Crippen LogP contribution in [0.2, 0.25) is 0 Å². The van der Waals surface area contributed by atoms with Gasteiger partial charge < -0.3 is 14.7 Å². The molecule has 4 heteroatoms. The van der Waals surface area contributed by atoms with Crippen LogP contribution >= 0.6 is 11.3 Å². The van der Waals surface area contributed by atoms with Crippen LogP contribution in [0.25, 0.3) is 54.9 Å². The van der Waals surface area contributed by atoms with Gasteiger partial charge in [-0.25, -0.2) is 0 Å². The monoisotopic (exact) mass is 979 g/mol. The molecule has 3 nitrogen and oxygen atoms in total. The molecule has 75 heavy (non-hydrogen) atoms. The van der Waals surface area contributed by atoms with Gasteiger partial charge in [0.2, 0.25) is 0 Å². The Hall–Kier alpha value is -9.48. The minimum Gasteiger partial charge on any atom is -0.311 e. The standard InChI is InChI=1S/C71H53N3S/c1-52-22-51-71(75-52)61-39-49-70(50-40-61)74(68-45-35-59(36-46-68)55-27-23-53(24-28-55)57-31-41-66(42-32-57)72(62-14-6-2-7-15-62)63-16-8-3-9-17-63)69-47-37-60(38-48-69)56-29-25-54(26-30-56)58-33-43-67(44-34-58)73(64-18-10-4-11-19-64)65-20-12-5-13-21-65/h2-51H,1H3. The fourth-order valence-corrected chi connectivity index (χ4v) is 10.8. The predicted octanol–water partition coefficient (Wildman–Crippen LogP) is 20.8. The summed E-state index contributed by atoms with van der Waals surface area (Å²) in [5, 5.41) is 0. The van der Waals surface area contributed by atoms with Gasteiger partial charge in [0, 0.05) is 60.9 Å². The molecule has 0 radical (unpaired) electrons. The molecule has 358 valence electrons. The molecule has 0 aliphatic heterocycles. The highest BCUT2D eigenvalue weighted by Crippen LogP contribution is 2.41. The molecule has 0 aliphatic carbocycles. The Bertz CT molecular complexity index is 3460. The fourth-order valence-electron chi connectivity index (χ4n) is 9.94. The topological polar surface area (TPSA) is 9.72 Å². The Morgan fingerprint density at radius 2 is 0.373 bits per heavy atom. The predicted molar refractivity (Wildman–Crippen MR) is 320 cm³/mol. The highest BCUT2D eigenvalue weighted by Gasteiger charge is 2.17. The summed E-state index contributed by atoms with van der Waals surface area (Å²) in [5.74, 6) is 0. The summed E-state index contributed by atoms with van der Waals surface area (Å²) in [6.45, 7) is 2.16. The first kappa shape index (κ1) is 46.6. The van der Waals surface area contributed by atoms with E-state index in [1.54, 1.807) is 0 Å². The largest absolute Gasteiger partial charge is 0.311 e. The first-order chi connectivity index (χ1) is 37.1. The zero-order chi connectivity index (χ0) is 50.3. The van der Waals surface area contributed by atoms with Gasteiger partial charge in [-0.05, 0) is 178 Å². The molecule has 0 aliphatic rings. The maximum Gasteiger partial charge on any atom is 0.0462 e. The Kier molecular flexibility index (Phi) is 13.2. The Balaban J connectivity index is 0.780. The molecule has 11 aromatic carbocycles. The lowest BCUT2D eigenvalue weighted by molar-refractivity contribution is 1.28. The number of hydrogen-bond acceptors (Lipinski definition) is 4. The Labute approximate surface area is 444 Å². The summed E-state index contributed by atoms with van der Waals surface area (Å²) >= 11 is 1.83. The molecule has 0 N–H and O–H groups in total. The number of nitrogens with zero attached hydrogens (tertiary/aromatic N) is 3. The number of anilines is 9. The van der Waals surface area contributed by atoms with Crippen LogP contribution in [0.5, 0.6) is 0 Å². The van der Waals surface area contributed by atoms with Gasteiger partial charge in [-0.15, -0.1) is 11.3 Å². The summed E-state index contributed by atoms with van der Waals surface area (Å²) in [5.41, 5.74) is 20.7. The van der Waals surface area contributed by atoms with Crippen molar-refractivity contribution in [1.82, 2.24) is 0 Å². The molecule has 0 fully saturated rings. The van der Waals surface area contributed by atoms with Crippen molar-refractivity contribution in [3.05, 3.63) is 308 Å². The van der Waals surface area contributed by atoms with Gasteiger partial charge in [-0.1, -0.05) is 182 Å². The van der Waals surface area contributed by atoms with E-state index in [9.17, 15) is 0 Å². The van der Waals surface area contributed by atoms with Crippen molar-refractivity contribution in [2.45, 2.75) is 6.92 Å². The molecule has 0 saturated heterocycles. The molecule has 12 rings (SSSR count). The molecule has 0 bridgehead atoms. The van der Waals surface area contributed by atoms with Crippen molar-refractivity contribution in [3.8, 4) is 54.9 Å². The van der Waals surface area contributed by atoms with E-state index < -0.39 is 0 Å². The van der Waals surface area contributed by atoms with Crippen LogP contribution in [0.1, 0.15) is 4.88 Å². The van der Waals surface area contributed by atoms with Crippen LogP contribution in [-0.2, 0) is 0 Å². The number of thiophene rings is 1. The minimum absolute atomic E-state index is 1.09. The van der Waals surface area contributed by atoms with Gasteiger partial charge in [0.15, 0.2) is 0 Å². The first-order valence-corrected chi connectivity index (χ1v) is 26.3. The Morgan fingerprint density at radius 1 is 0.187 bits per heavy atom. The van der Waals surface area contributed by atoms with Crippen molar-refractivity contribution < 1.29 is 0 Å². The van der Waals surface area contributed by atoms with Crippen LogP contribution in [0.4, 0.5) is 51.2 Å². The maximum absolute atomic E-state index is 2.35. The summed E-state index contributed by atoms with van der Waals surface area (Å²) in [6.07, 6.45) is 0. The van der Waals surface area contributed by atoms with Gasteiger partial charge in [-0.2, -0.15) is 0 Å². The summed E-state index contributed by atoms with van der Waals surface area (Å²) in [7, 11) is 0. The summed E-state index contributed by atoms with van der Waals surface area (Å²) in [4.78, 5) is 9.53. The fraction of sp³-hybridized carbons (Fsp3) is 0.0141. The van der Waals surface area contributed by atoms with Crippen LogP contribution in [0.3, 0.4) is 0 Å². The van der Waals surface area contributed by atoms with Gasteiger partial charge in [0.05, 0.1) is 0 Å². The molecular formula is C71H53N3S. The van der Waals surface area contributed by atoms with E-state index in [1.165, 1.54) is 59.8 Å². The van der Waals surface area contributed by atoms with E-state index in [4.69, 9.17) is 0 Å². The zero-order valence-corrected chi connectivity index (χ0v) is 42.4. The molecule has 1 heterocycles. The van der Waals surface area contributed by atoms with E-state index >= 15 is 0 Å². The van der Waals surface area contributed by atoms with Crippen molar-refractivity contribution in [3.63, 3.8) is 0 Å². The molecule has 1 aromatic heterocycles. The lowest BCUT2D eigenvalue weighted by Crippen LogP contribution is -2.09. The molecule has 0 amide bonds. The number of hydrogen-bond donors (Lipinski definition) is 0. The van der Waals surface area contributed by atoms with Gasteiger partial charge in [0.1, 0.15) is 0 Å². The van der Waals surface area contributed by atoms with E-state index in [1.807, 2.05) is 11.3 Å². The maximum atomic E-state index is 2.35. The van der Waals surface area contributed by atoms with Crippen molar-refractivity contribution in [2.75, 3.05) is 14.7 Å². The number of rotatable bonds is 14. The van der Waals surface area contributed by atoms with Crippen LogP contribution in [0, 0.1) is 6.92 Å². The van der Waals surface area contributed by atoms with Gasteiger partial charge in [0.25, 0.3) is 0 Å². The van der Waals surface area contributed by atoms with E-state index in [0.717, 1.165) is 51.2 Å². The number of benzene rings is 11. The average molecular weight is 980 g/mol. The molecular weight excluding hydrogens is 927 g/mol. The van der Waals surface area contributed by atoms with E-state index in [0.29, 0.717) is 0 Å². The average Bonchev–Trinajstić information content (AvgIpc) is 3.93. The minimum atomic E-state index is 1.09. The van der Waals surface area contributed by atoms with Gasteiger partial charge in [-0.3, -0.25) is 0 Å². The molecule has 12 aromatic rings. The van der Waals surface area contributed by atoms with Crippen molar-refractivity contribution in [1.29, 1.82) is 0 Å². The third kappa shape index (κ3) is 10.2. The molecule has 0 atom stereocenters. The smallest absolute Gasteiger partial charge is 0.0462 e. The molecule has 0 saturated carbocycles. The zero-order valence-electron chi connectivity index (χ0n) is 41.6. The first-order valence-electron chi connectivity index (χ1n) is 25.5. The van der Waals surface area contributed by atoms with Crippen LogP contribution in [0.15, 0.2) is 303 Å². The SMILES string of the molecule is Cc1ccc(-c2ccc(N(c3ccc(-c4ccc(-c5ccc(N(c6ccccc6)c6ccccc6)cc5)cc4)cc3)c3ccc(-c4ccc(-c5ccc(N(c6ccccc6)c6ccccc6)cc5)cc4)cc3)cc2)s1. The van der Waals surface area contributed by atoms with Crippen molar-refractivity contribution in [2.24, 2.45) is 0 Å². The third-order valence-corrected chi connectivity index (χ3v) is 14.9. The van der Waals surface area contributed by atoms with Crippen molar-refractivity contribution >= 4 is 62.5 Å². The third-order valence-electron chi connectivity index (χ3n) is 13.8. The molecule has 0 spiro atoms. The number of aryl methyl sites for hydroxylation is 1. The van der Waals surface area contributed by atoms with Crippen LogP contribution < -0.4 is 14.7 Å². The van der Waals surface area contributed by atoms with Crippen LogP contribution in [-0.4, -0.2) is 0 Å². The van der Waals surface area contributed by atoms with E-state index in [2.05, 4.69) is 325 Å². The number of para-hydroxylation sites is 4. The summed E-state index contributed by atoms with van der Waals surface area (Å²) in [6, 6.07) is 109. The molecule has 0 unspecified atom stereocenters. The lowest BCUT2D eigenvalue weighted by Gasteiger charge is -2.26. The Morgan fingerprint density at radius 3 is 0.573 bits per heavy atom. The second-order valence-electron chi connectivity index (χ2n) is 18.6. The highest BCUT2D eigenvalue weighted by atomic mass is 32.1. The van der Waals surface area contributed by atoms with Gasteiger partial charge >= 0.3 is 0 Å². The second kappa shape index (κ2) is 21.3. The quantitative estimate of drug-likeness (QED) is 0.107. The van der Waals surface area contributed by atoms with E-state index in [-0.39, 0.29) is 0 Å². The second-order valence-corrected chi connectivity index (χ2v) is 19.9. The normalized spacial score (nSPS) is 11.0.